The summed E-state index contributed by atoms with van der Waals surface area (Å²) in [6.45, 7) is 3.72. The number of alkyl halides is 3. The fourth-order valence-electron chi connectivity index (χ4n) is 7.99. The zero-order chi connectivity index (χ0) is 27.0. The van der Waals surface area contributed by atoms with Crippen molar-refractivity contribution in [3.05, 3.63) is 11.9 Å². The second-order valence-corrected chi connectivity index (χ2v) is 13.2. The Labute approximate surface area is 228 Å². The third-order valence-corrected chi connectivity index (χ3v) is 10.5. The van der Waals surface area contributed by atoms with Crippen LogP contribution in [0, 0.1) is 41.4 Å². The van der Waals surface area contributed by atoms with Gasteiger partial charge in [-0.2, -0.15) is 13.2 Å². The maximum Gasteiger partial charge on any atom is 0.412 e. The lowest BCUT2D eigenvalue weighted by Gasteiger charge is -2.39. The van der Waals surface area contributed by atoms with Crippen LogP contribution in [0.3, 0.4) is 0 Å². The van der Waals surface area contributed by atoms with Crippen molar-refractivity contribution < 1.29 is 27.0 Å². The van der Waals surface area contributed by atoms with Crippen molar-refractivity contribution in [3.63, 3.8) is 0 Å². The molecule has 0 unspecified atom stereocenters. The first-order valence-electron chi connectivity index (χ1n) is 16.0. The molecule has 0 aromatic carbocycles. The molecule has 38 heavy (non-hydrogen) atoms. The number of halogens is 4. The van der Waals surface area contributed by atoms with Gasteiger partial charge in [0, 0.05) is 17.8 Å². The molecular formula is C32H52F4O2. The fourth-order valence-corrected chi connectivity index (χ4v) is 7.99. The molecule has 4 fully saturated rings. The van der Waals surface area contributed by atoms with E-state index in [2.05, 4.69) is 6.92 Å². The van der Waals surface area contributed by atoms with Crippen molar-refractivity contribution in [1.82, 2.24) is 0 Å². The van der Waals surface area contributed by atoms with Crippen LogP contribution >= 0.6 is 0 Å². The molecule has 1 heterocycles. The Hall–Kier alpha value is -0.620. The minimum absolute atomic E-state index is 0.160. The number of hydrogen-bond donors (Lipinski definition) is 0. The molecule has 1 saturated heterocycles. The Kier molecular flexibility index (Phi) is 11.9. The van der Waals surface area contributed by atoms with Crippen molar-refractivity contribution in [2.45, 2.75) is 135 Å². The van der Waals surface area contributed by atoms with Crippen LogP contribution in [-0.2, 0) is 9.47 Å². The quantitative estimate of drug-likeness (QED) is 0.201. The molecule has 0 aromatic heterocycles. The molecule has 0 aromatic rings. The van der Waals surface area contributed by atoms with Crippen molar-refractivity contribution >= 4 is 0 Å². The van der Waals surface area contributed by atoms with E-state index in [9.17, 15) is 17.6 Å². The zero-order valence-electron chi connectivity index (χ0n) is 23.7. The topological polar surface area (TPSA) is 18.5 Å². The fraction of sp³-hybridized carbons (Fsp3) is 0.938. The van der Waals surface area contributed by atoms with E-state index in [-0.39, 0.29) is 18.3 Å². The maximum absolute atomic E-state index is 13.9. The maximum atomic E-state index is 13.9. The summed E-state index contributed by atoms with van der Waals surface area (Å²) in [5.41, 5.74) is 0. The number of ether oxygens (including phenoxy) is 2. The minimum Gasteiger partial charge on any atom is -0.352 e. The van der Waals surface area contributed by atoms with E-state index in [1.165, 1.54) is 83.5 Å². The van der Waals surface area contributed by atoms with Gasteiger partial charge in [0.25, 0.3) is 0 Å². The lowest BCUT2D eigenvalue weighted by atomic mass is 9.68. The van der Waals surface area contributed by atoms with E-state index < -0.39 is 17.9 Å². The van der Waals surface area contributed by atoms with Crippen LogP contribution < -0.4 is 0 Å². The van der Waals surface area contributed by atoms with Crippen LogP contribution in [0.5, 0.6) is 0 Å². The largest absolute Gasteiger partial charge is 0.412 e. The molecule has 0 atom stereocenters. The van der Waals surface area contributed by atoms with Gasteiger partial charge in [-0.05, 0) is 81.5 Å². The highest BCUT2D eigenvalue weighted by Crippen LogP contribution is 2.44. The minimum atomic E-state index is -4.59. The molecule has 3 aliphatic carbocycles. The molecular weight excluding hydrogens is 492 g/mol. The summed E-state index contributed by atoms with van der Waals surface area (Å²) in [5, 5.41) is 0. The van der Waals surface area contributed by atoms with E-state index in [0.717, 1.165) is 30.1 Å². The average Bonchev–Trinajstić information content (AvgIpc) is 2.92. The van der Waals surface area contributed by atoms with Crippen molar-refractivity contribution in [3.8, 4) is 0 Å². The SMILES string of the molecule is CCCCCC1CCC(C2CCC(CCC3COC(C4CCC(/C(F)=C/C(F)(F)F)CC4)OC3)CC2)CC1. The molecule has 220 valence electrons. The predicted octanol–water partition coefficient (Wildman–Crippen LogP) is 10.2. The van der Waals surface area contributed by atoms with Gasteiger partial charge in [0.2, 0.25) is 0 Å². The van der Waals surface area contributed by atoms with E-state index in [1.807, 2.05) is 0 Å². The second-order valence-electron chi connectivity index (χ2n) is 13.2. The van der Waals surface area contributed by atoms with Gasteiger partial charge in [-0.3, -0.25) is 0 Å². The summed E-state index contributed by atoms with van der Waals surface area (Å²) in [4.78, 5) is 0. The lowest BCUT2D eigenvalue weighted by Crippen LogP contribution is -2.38. The van der Waals surface area contributed by atoms with Gasteiger partial charge >= 0.3 is 6.18 Å². The smallest absolute Gasteiger partial charge is 0.352 e. The number of unbranched alkanes of at least 4 members (excludes halogenated alkanes) is 2. The summed E-state index contributed by atoms with van der Waals surface area (Å²) in [6.07, 6.45) is 16.7. The second kappa shape index (κ2) is 14.8. The van der Waals surface area contributed by atoms with Crippen molar-refractivity contribution in [1.29, 1.82) is 0 Å². The van der Waals surface area contributed by atoms with Gasteiger partial charge in [-0.15, -0.1) is 0 Å². The Morgan fingerprint density at radius 1 is 0.658 bits per heavy atom. The number of rotatable bonds is 10. The molecule has 2 nitrogen and oxygen atoms in total. The Morgan fingerprint density at radius 3 is 1.68 bits per heavy atom. The Morgan fingerprint density at radius 2 is 1.16 bits per heavy atom. The van der Waals surface area contributed by atoms with E-state index >= 15 is 0 Å². The highest BCUT2D eigenvalue weighted by atomic mass is 19.4. The van der Waals surface area contributed by atoms with Crippen LogP contribution in [0.4, 0.5) is 17.6 Å². The first-order chi connectivity index (χ1) is 18.3. The summed E-state index contributed by atoms with van der Waals surface area (Å²) >= 11 is 0. The zero-order valence-corrected chi connectivity index (χ0v) is 23.7. The summed E-state index contributed by atoms with van der Waals surface area (Å²) in [5.74, 6) is 2.77. The van der Waals surface area contributed by atoms with E-state index in [1.54, 1.807) is 0 Å². The molecule has 0 bridgehead atoms. The van der Waals surface area contributed by atoms with Crippen LogP contribution in [0.25, 0.3) is 0 Å². The third kappa shape index (κ3) is 9.49. The number of allylic oxidation sites excluding steroid dienone is 2. The van der Waals surface area contributed by atoms with Crippen molar-refractivity contribution in [2.24, 2.45) is 41.4 Å². The van der Waals surface area contributed by atoms with Gasteiger partial charge in [0.1, 0.15) is 5.83 Å². The lowest BCUT2D eigenvalue weighted by molar-refractivity contribution is -0.230. The van der Waals surface area contributed by atoms with E-state index in [4.69, 9.17) is 9.47 Å². The molecule has 0 radical (unpaired) electrons. The van der Waals surface area contributed by atoms with Crippen molar-refractivity contribution in [2.75, 3.05) is 13.2 Å². The highest BCUT2D eigenvalue weighted by molar-refractivity contribution is 5.03. The highest BCUT2D eigenvalue weighted by Gasteiger charge is 2.36. The van der Waals surface area contributed by atoms with Gasteiger partial charge in [-0.25, -0.2) is 4.39 Å². The molecule has 3 saturated carbocycles. The molecule has 0 spiro atoms. The van der Waals surface area contributed by atoms with Crippen LogP contribution in [-0.4, -0.2) is 25.7 Å². The summed E-state index contributed by atoms with van der Waals surface area (Å²) in [6, 6.07) is 0. The first-order valence-corrected chi connectivity index (χ1v) is 16.0. The molecule has 0 amide bonds. The standard InChI is InChI=1S/C32H52F4O2/c1-2-3-4-5-23-8-12-26(13-9-23)27-14-10-24(11-15-27)6-7-25-21-37-31(38-22-25)29-18-16-28(17-19-29)30(33)20-32(34,35)36/h20,23-29,31H,2-19,21-22H2,1H3/b30-20-. The van der Waals surface area contributed by atoms with E-state index in [0.29, 0.717) is 44.8 Å². The molecule has 0 N–H and O–H groups in total. The van der Waals surface area contributed by atoms with Gasteiger partial charge in [0.15, 0.2) is 6.29 Å². The van der Waals surface area contributed by atoms with Crippen LogP contribution in [0.2, 0.25) is 0 Å². The van der Waals surface area contributed by atoms with Gasteiger partial charge in [-0.1, -0.05) is 64.7 Å². The van der Waals surface area contributed by atoms with Crippen LogP contribution in [0.1, 0.15) is 122 Å². The Bertz CT molecular complexity index is 691. The van der Waals surface area contributed by atoms with Crippen LogP contribution in [0.15, 0.2) is 11.9 Å². The molecule has 6 heteroatoms. The number of hydrogen-bond acceptors (Lipinski definition) is 2. The Balaban J connectivity index is 1.06. The summed E-state index contributed by atoms with van der Waals surface area (Å²) < 4.78 is 63.4. The average molecular weight is 545 g/mol. The third-order valence-electron chi connectivity index (χ3n) is 10.5. The predicted molar refractivity (Wildman–Crippen MR) is 144 cm³/mol. The normalized spacial score (nSPS) is 37.8. The molecule has 1 aliphatic heterocycles. The molecule has 4 rings (SSSR count). The monoisotopic (exact) mass is 544 g/mol. The molecule has 4 aliphatic rings. The van der Waals surface area contributed by atoms with Gasteiger partial charge < -0.3 is 9.47 Å². The van der Waals surface area contributed by atoms with Gasteiger partial charge in [0.05, 0.1) is 19.3 Å². The summed E-state index contributed by atoms with van der Waals surface area (Å²) in [7, 11) is 0. The first kappa shape index (κ1) is 30.3.